The van der Waals surface area contributed by atoms with Gasteiger partial charge in [0, 0.05) is 24.0 Å². The molecule has 2 aliphatic heterocycles. The third-order valence-corrected chi connectivity index (χ3v) is 6.14. The summed E-state index contributed by atoms with van der Waals surface area (Å²) >= 11 is 1.68. The molecule has 2 aliphatic rings. The summed E-state index contributed by atoms with van der Waals surface area (Å²) in [7, 11) is 2.05. The highest BCUT2D eigenvalue weighted by molar-refractivity contribution is 7.08. The first-order valence-corrected chi connectivity index (χ1v) is 9.66. The summed E-state index contributed by atoms with van der Waals surface area (Å²) in [6.07, 6.45) is 1.05. The molecule has 3 aromatic rings. The molecule has 2 fully saturated rings. The molecule has 140 valence electrons. The molecule has 3 atom stereocenters. The number of carboxylic acid groups (broad SMARTS) is 1. The number of rotatable bonds is 3. The van der Waals surface area contributed by atoms with Gasteiger partial charge in [0.25, 0.3) is 6.47 Å². The number of hydrogen-bond acceptors (Lipinski definition) is 6. The van der Waals surface area contributed by atoms with Crippen molar-refractivity contribution in [1.82, 2.24) is 20.4 Å². The number of likely N-dealkylation sites (N-methyl/N-ethyl adjacent to an activating group) is 1. The first-order valence-electron chi connectivity index (χ1n) is 8.72. The minimum Gasteiger partial charge on any atom is -0.483 e. The highest BCUT2D eigenvalue weighted by Crippen LogP contribution is 2.32. The highest BCUT2D eigenvalue weighted by Gasteiger charge is 2.48. The Labute approximate surface area is 160 Å². The zero-order valence-electron chi connectivity index (χ0n) is 14.8. The second-order valence-electron chi connectivity index (χ2n) is 6.83. The van der Waals surface area contributed by atoms with E-state index in [1.807, 2.05) is 6.07 Å². The molecule has 1 unspecified atom stereocenters. The van der Waals surface area contributed by atoms with Gasteiger partial charge in [-0.25, -0.2) is 0 Å². The van der Waals surface area contributed by atoms with Gasteiger partial charge in [-0.2, -0.15) is 16.4 Å². The minimum absolute atomic E-state index is 0.105. The van der Waals surface area contributed by atoms with E-state index in [1.54, 1.807) is 11.3 Å². The highest BCUT2D eigenvalue weighted by atomic mass is 32.1. The molecule has 5 rings (SSSR count). The standard InChI is InChI=1S/C18H18N4OS.CH2O2/c1-22-12-7-15(19-8-12)17(22)18(23)16-13-3-2-10(6-14(13)20-21-16)11-4-5-24-9-11;2-1-3/h2-6,9,12,15,17,19H,7-8H2,1H3,(H,20,21);1H,(H,2,3)/t12-,15+,17?;/m0./s1. The van der Waals surface area contributed by atoms with Crippen molar-refractivity contribution in [2.24, 2.45) is 0 Å². The zero-order valence-corrected chi connectivity index (χ0v) is 15.6. The average Bonchev–Trinajstić information content (AvgIpc) is 3.44. The predicted molar refractivity (Wildman–Crippen MR) is 104 cm³/mol. The van der Waals surface area contributed by atoms with Crippen LogP contribution < -0.4 is 5.32 Å². The molecule has 0 saturated carbocycles. The molecule has 3 N–H and O–H groups in total. The van der Waals surface area contributed by atoms with E-state index in [0.717, 1.165) is 29.4 Å². The predicted octanol–water partition coefficient (Wildman–Crippen LogP) is 2.22. The molecule has 2 bridgehead atoms. The number of ketones is 1. The molecule has 27 heavy (non-hydrogen) atoms. The summed E-state index contributed by atoms with van der Waals surface area (Å²) in [5.74, 6) is 0.117. The molecule has 2 saturated heterocycles. The van der Waals surface area contributed by atoms with Gasteiger partial charge in [0.15, 0.2) is 0 Å². The lowest BCUT2D eigenvalue weighted by Gasteiger charge is -2.30. The first kappa shape index (κ1) is 17.8. The maximum atomic E-state index is 13.1. The molecule has 7 nitrogen and oxygen atoms in total. The van der Waals surface area contributed by atoms with E-state index in [1.165, 1.54) is 5.56 Å². The Hall–Kier alpha value is -2.55. The number of piperazine rings is 1. The van der Waals surface area contributed by atoms with E-state index < -0.39 is 0 Å². The number of aromatic amines is 1. The van der Waals surface area contributed by atoms with Crippen LogP contribution in [0, 0.1) is 0 Å². The maximum absolute atomic E-state index is 13.1. The van der Waals surface area contributed by atoms with Crippen molar-refractivity contribution < 1.29 is 14.7 Å². The Morgan fingerprint density at radius 2 is 2.19 bits per heavy atom. The van der Waals surface area contributed by atoms with Crippen LogP contribution in [0.2, 0.25) is 0 Å². The molecule has 0 radical (unpaired) electrons. The zero-order chi connectivity index (χ0) is 19.0. The fourth-order valence-electron chi connectivity index (χ4n) is 4.13. The number of likely N-dealkylation sites (tertiary alicyclic amines) is 1. The van der Waals surface area contributed by atoms with Gasteiger partial charge in [0.1, 0.15) is 5.69 Å². The van der Waals surface area contributed by atoms with E-state index >= 15 is 0 Å². The van der Waals surface area contributed by atoms with E-state index in [2.05, 4.69) is 56.4 Å². The quantitative estimate of drug-likeness (QED) is 0.473. The van der Waals surface area contributed by atoms with E-state index in [4.69, 9.17) is 9.90 Å². The minimum atomic E-state index is -0.250. The van der Waals surface area contributed by atoms with Crippen LogP contribution >= 0.6 is 11.3 Å². The second-order valence-corrected chi connectivity index (χ2v) is 7.61. The van der Waals surface area contributed by atoms with Gasteiger partial charge in [-0.1, -0.05) is 6.07 Å². The van der Waals surface area contributed by atoms with Crippen LogP contribution in [0.1, 0.15) is 16.9 Å². The summed E-state index contributed by atoms with van der Waals surface area (Å²) in [4.78, 5) is 23.6. The molecule has 1 aromatic carbocycles. The number of fused-ring (bicyclic) bond motifs is 3. The molecule has 2 aromatic heterocycles. The fourth-order valence-corrected chi connectivity index (χ4v) is 4.80. The van der Waals surface area contributed by atoms with E-state index in [-0.39, 0.29) is 24.3 Å². The number of benzene rings is 1. The van der Waals surface area contributed by atoms with Crippen molar-refractivity contribution in [1.29, 1.82) is 0 Å². The van der Waals surface area contributed by atoms with Crippen LogP contribution in [0.4, 0.5) is 0 Å². The topological polar surface area (TPSA) is 98.3 Å². The van der Waals surface area contributed by atoms with Gasteiger partial charge < -0.3 is 10.4 Å². The number of Topliss-reactive ketones (excluding diaryl/α,β-unsaturated/α-hetero) is 1. The largest absolute Gasteiger partial charge is 0.483 e. The summed E-state index contributed by atoms with van der Waals surface area (Å²) in [6, 6.07) is 8.88. The summed E-state index contributed by atoms with van der Waals surface area (Å²) in [5, 5.41) is 22.9. The Morgan fingerprint density at radius 3 is 2.85 bits per heavy atom. The van der Waals surface area contributed by atoms with Gasteiger partial charge in [-0.05, 0) is 53.6 Å². The summed E-state index contributed by atoms with van der Waals surface area (Å²) < 4.78 is 0. The molecule has 4 heterocycles. The van der Waals surface area contributed by atoms with Gasteiger partial charge in [-0.3, -0.25) is 19.6 Å². The maximum Gasteiger partial charge on any atom is 0.290 e. The van der Waals surface area contributed by atoms with Gasteiger partial charge >= 0.3 is 0 Å². The van der Waals surface area contributed by atoms with Crippen LogP contribution in [0.25, 0.3) is 22.0 Å². The monoisotopic (exact) mass is 384 g/mol. The van der Waals surface area contributed by atoms with Crippen molar-refractivity contribution in [2.75, 3.05) is 13.6 Å². The number of thiophene rings is 1. The molecule has 0 aliphatic carbocycles. The van der Waals surface area contributed by atoms with Gasteiger partial charge in [-0.15, -0.1) is 0 Å². The van der Waals surface area contributed by atoms with Crippen LogP contribution in [0.3, 0.4) is 0 Å². The van der Waals surface area contributed by atoms with Crippen LogP contribution in [0.5, 0.6) is 0 Å². The SMILES string of the molecule is CN1C(C(=O)c2n[nH]c3cc(-c4ccsc4)ccc23)[C@H]2C[C@H]1CN2.O=CO. The summed E-state index contributed by atoms with van der Waals surface area (Å²) in [5.41, 5.74) is 3.82. The molecule has 0 amide bonds. The third kappa shape index (κ3) is 3.05. The smallest absolute Gasteiger partial charge is 0.290 e. The number of aromatic nitrogens is 2. The lowest BCUT2D eigenvalue weighted by Crippen LogP contribution is -2.53. The van der Waals surface area contributed by atoms with Gasteiger partial charge in [0.05, 0.1) is 11.6 Å². The lowest BCUT2D eigenvalue weighted by atomic mass is 9.99. The molecular formula is C19H20N4O3S. The number of carbonyl (C=O) groups excluding carboxylic acids is 1. The number of nitrogens with zero attached hydrogens (tertiary/aromatic N) is 2. The fraction of sp³-hybridized carbons (Fsp3) is 0.316. The lowest BCUT2D eigenvalue weighted by molar-refractivity contribution is -0.122. The molecular weight excluding hydrogens is 364 g/mol. The van der Waals surface area contributed by atoms with E-state index in [0.29, 0.717) is 11.7 Å². The summed E-state index contributed by atoms with van der Waals surface area (Å²) in [6.45, 7) is 0.732. The van der Waals surface area contributed by atoms with Crippen molar-refractivity contribution in [3.8, 4) is 11.1 Å². The van der Waals surface area contributed by atoms with Crippen LogP contribution in [-0.2, 0) is 4.79 Å². The van der Waals surface area contributed by atoms with Gasteiger partial charge in [0.2, 0.25) is 5.78 Å². The van der Waals surface area contributed by atoms with Crippen LogP contribution in [-0.4, -0.2) is 64.2 Å². The Morgan fingerprint density at radius 1 is 1.37 bits per heavy atom. The number of carbonyl (C=O) groups is 2. The van der Waals surface area contributed by atoms with Crippen molar-refractivity contribution in [2.45, 2.75) is 24.5 Å². The van der Waals surface area contributed by atoms with Crippen molar-refractivity contribution in [3.05, 3.63) is 40.7 Å². The molecule has 8 heteroatoms. The number of nitrogens with one attached hydrogen (secondary N) is 2. The van der Waals surface area contributed by atoms with Crippen molar-refractivity contribution >= 4 is 34.5 Å². The normalized spacial score (nSPS) is 24.0. The Kier molecular flexibility index (Phi) is 4.77. The Balaban J connectivity index is 0.000000565. The number of H-pyrrole nitrogens is 1. The Bertz CT molecular complexity index is 967. The van der Waals surface area contributed by atoms with Crippen molar-refractivity contribution in [3.63, 3.8) is 0 Å². The van der Waals surface area contributed by atoms with Crippen LogP contribution in [0.15, 0.2) is 35.0 Å². The second kappa shape index (κ2) is 7.22. The number of hydrogen-bond donors (Lipinski definition) is 3. The van der Waals surface area contributed by atoms with E-state index in [9.17, 15) is 4.79 Å². The average molecular weight is 384 g/mol. The third-order valence-electron chi connectivity index (χ3n) is 5.46. The molecule has 0 spiro atoms. The first-order chi connectivity index (χ1) is 13.1.